The molecule has 1 amide bonds. The number of amides is 1. The molecule has 2 heterocycles. The number of aryl methyl sites for hydroxylation is 2. The zero-order valence-electron chi connectivity index (χ0n) is 14.2. The van der Waals surface area contributed by atoms with Gasteiger partial charge in [0.05, 0.1) is 12.3 Å². The maximum atomic E-state index is 12.8. The molecule has 1 aromatic carbocycles. The van der Waals surface area contributed by atoms with Gasteiger partial charge in [-0.2, -0.15) is 0 Å². The Labute approximate surface area is 141 Å². The minimum atomic E-state index is -0.170. The van der Waals surface area contributed by atoms with E-state index in [2.05, 4.69) is 10.3 Å². The second-order valence-electron chi connectivity index (χ2n) is 5.58. The summed E-state index contributed by atoms with van der Waals surface area (Å²) in [6.45, 7) is 6.49. The van der Waals surface area contributed by atoms with Crippen LogP contribution in [0.2, 0.25) is 0 Å². The smallest absolute Gasteiger partial charge is 0.274 e. The summed E-state index contributed by atoms with van der Waals surface area (Å²) in [5.41, 5.74) is 3.90. The summed E-state index contributed by atoms with van der Waals surface area (Å²) >= 11 is 0. The van der Waals surface area contributed by atoms with Crippen molar-refractivity contribution in [2.75, 3.05) is 11.9 Å². The van der Waals surface area contributed by atoms with Crippen molar-refractivity contribution in [1.82, 2.24) is 9.38 Å². The Morgan fingerprint density at radius 1 is 1.21 bits per heavy atom. The monoisotopic (exact) mass is 323 g/mol. The van der Waals surface area contributed by atoms with E-state index in [9.17, 15) is 4.79 Å². The van der Waals surface area contributed by atoms with Gasteiger partial charge in [-0.05, 0) is 44.5 Å². The molecule has 0 aliphatic heterocycles. The molecule has 24 heavy (non-hydrogen) atoms. The lowest BCUT2D eigenvalue weighted by molar-refractivity contribution is 0.102. The van der Waals surface area contributed by atoms with Gasteiger partial charge in [-0.3, -0.25) is 9.20 Å². The van der Waals surface area contributed by atoms with Crippen molar-refractivity contribution in [3.05, 3.63) is 59.5 Å². The van der Waals surface area contributed by atoms with Crippen LogP contribution >= 0.6 is 0 Å². The minimum absolute atomic E-state index is 0.170. The standard InChI is InChI=1S/C19H21N3O2/c1-4-15-17(19(23)20-14-10-8-13(3)9-11-14)22-12-6-7-16(24-5-2)18(22)21-15/h6-12H,4-5H2,1-3H3,(H,20,23). The highest BCUT2D eigenvalue weighted by atomic mass is 16.5. The van der Waals surface area contributed by atoms with Crippen LogP contribution in [0.4, 0.5) is 5.69 Å². The van der Waals surface area contributed by atoms with E-state index in [1.807, 2.05) is 63.4 Å². The maximum absolute atomic E-state index is 12.8. The molecule has 5 nitrogen and oxygen atoms in total. The first-order valence-electron chi connectivity index (χ1n) is 8.14. The number of aromatic nitrogens is 2. The molecule has 124 valence electrons. The maximum Gasteiger partial charge on any atom is 0.274 e. The van der Waals surface area contributed by atoms with Gasteiger partial charge < -0.3 is 10.1 Å². The predicted octanol–water partition coefficient (Wildman–Crippen LogP) is 3.86. The Kier molecular flexibility index (Phi) is 4.51. The molecule has 0 bridgehead atoms. The van der Waals surface area contributed by atoms with E-state index in [1.165, 1.54) is 0 Å². The van der Waals surface area contributed by atoms with E-state index < -0.39 is 0 Å². The molecule has 0 atom stereocenters. The third kappa shape index (κ3) is 2.97. The Balaban J connectivity index is 2.02. The third-order valence-electron chi connectivity index (χ3n) is 3.85. The Morgan fingerprint density at radius 2 is 1.96 bits per heavy atom. The molecule has 0 aliphatic carbocycles. The molecule has 0 saturated heterocycles. The molecule has 5 heteroatoms. The fourth-order valence-corrected chi connectivity index (χ4v) is 2.67. The number of nitrogens with one attached hydrogen (secondary N) is 1. The van der Waals surface area contributed by atoms with E-state index in [4.69, 9.17) is 4.74 Å². The van der Waals surface area contributed by atoms with Crippen LogP contribution in [0.5, 0.6) is 5.75 Å². The molecule has 0 fully saturated rings. The lowest BCUT2D eigenvalue weighted by Crippen LogP contribution is -2.16. The summed E-state index contributed by atoms with van der Waals surface area (Å²) in [5, 5.41) is 2.95. The Morgan fingerprint density at radius 3 is 2.62 bits per heavy atom. The molecular weight excluding hydrogens is 302 g/mol. The highest BCUT2D eigenvalue weighted by molar-refractivity contribution is 6.04. The summed E-state index contributed by atoms with van der Waals surface area (Å²) < 4.78 is 7.43. The zero-order chi connectivity index (χ0) is 17.1. The number of carbonyl (C=O) groups excluding carboxylic acids is 1. The van der Waals surface area contributed by atoms with E-state index in [0.29, 0.717) is 30.1 Å². The van der Waals surface area contributed by atoms with Crippen LogP contribution in [-0.4, -0.2) is 21.9 Å². The number of imidazole rings is 1. The van der Waals surface area contributed by atoms with Crippen molar-refractivity contribution < 1.29 is 9.53 Å². The summed E-state index contributed by atoms with van der Waals surface area (Å²) in [6, 6.07) is 11.5. The molecule has 3 aromatic rings. The second-order valence-corrected chi connectivity index (χ2v) is 5.58. The quantitative estimate of drug-likeness (QED) is 0.776. The van der Waals surface area contributed by atoms with Crippen LogP contribution < -0.4 is 10.1 Å². The summed E-state index contributed by atoms with van der Waals surface area (Å²) in [5.74, 6) is 0.515. The number of ether oxygens (including phenoxy) is 1. The van der Waals surface area contributed by atoms with Gasteiger partial charge in [0.25, 0.3) is 5.91 Å². The van der Waals surface area contributed by atoms with E-state index in [0.717, 1.165) is 16.9 Å². The molecule has 3 rings (SSSR count). The topological polar surface area (TPSA) is 55.6 Å². The highest BCUT2D eigenvalue weighted by Gasteiger charge is 2.20. The molecular formula is C19H21N3O2. The molecule has 0 aliphatic rings. The van der Waals surface area contributed by atoms with E-state index in [-0.39, 0.29) is 5.91 Å². The van der Waals surface area contributed by atoms with Gasteiger partial charge in [0, 0.05) is 11.9 Å². The van der Waals surface area contributed by atoms with Gasteiger partial charge in [0.15, 0.2) is 11.4 Å². The van der Waals surface area contributed by atoms with Crippen molar-refractivity contribution in [3.8, 4) is 5.75 Å². The van der Waals surface area contributed by atoms with Gasteiger partial charge in [-0.25, -0.2) is 4.98 Å². The summed E-state index contributed by atoms with van der Waals surface area (Å²) in [7, 11) is 0. The number of anilines is 1. The Bertz CT molecular complexity index is 866. The van der Waals surface area contributed by atoms with Gasteiger partial charge in [-0.15, -0.1) is 0 Å². The van der Waals surface area contributed by atoms with Crippen molar-refractivity contribution in [2.24, 2.45) is 0 Å². The SMILES string of the molecule is CCOc1cccn2c(C(=O)Nc3ccc(C)cc3)c(CC)nc12. The molecule has 0 unspecified atom stereocenters. The fraction of sp³-hybridized carbons (Fsp3) is 0.263. The number of carbonyl (C=O) groups is 1. The highest BCUT2D eigenvalue weighted by Crippen LogP contribution is 2.23. The normalized spacial score (nSPS) is 10.8. The third-order valence-corrected chi connectivity index (χ3v) is 3.85. The van der Waals surface area contributed by atoms with Crippen molar-refractivity contribution in [2.45, 2.75) is 27.2 Å². The van der Waals surface area contributed by atoms with Gasteiger partial charge >= 0.3 is 0 Å². The van der Waals surface area contributed by atoms with Crippen molar-refractivity contribution >= 4 is 17.2 Å². The van der Waals surface area contributed by atoms with E-state index >= 15 is 0 Å². The van der Waals surface area contributed by atoms with Crippen LogP contribution in [0.15, 0.2) is 42.6 Å². The zero-order valence-corrected chi connectivity index (χ0v) is 14.2. The lowest BCUT2D eigenvalue weighted by atomic mass is 10.2. The van der Waals surface area contributed by atoms with Crippen LogP contribution in [0.3, 0.4) is 0 Å². The van der Waals surface area contributed by atoms with Crippen LogP contribution in [0.25, 0.3) is 5.65 Å². The summed E-state index contributed by atoms with van der Waals surface area (Å²) in [6.07, 6.45) is 2.51. The molecule has 0 radical (unpaired) electrons. The first-order chi connectivity index (χ1) is 11.6. The second kappa shape index (κ2) is 6.74. The number of hydrogen-bond acceptors (Lipinski definition) is 3. The van der Waals surface area contributed by atoms with Gasteiger partial charge in [0.2, 0.25) is 0 Å². The number of pyridine rings is 1. The number of hydrogen-bond donors (Lipinski definition) is 1. The van der Waals surface area contributed by atoms with Crippen molar-refractivity contribution in [3.63, 3.8) is 0 Å². The number of nitrogens with zero attached hydrogens (tertiary/aromatic N) is 2. The average Bonchev–Trinajstić information content (AvgIpc) is 2.97. The number of fused-ring (bicyclic) bond motifs is 1. The number of benzene rings is 1. The van der Waals surface area contributed by atoms with Gasteiger partial charge in [-0.1, -0.05) is 24.6 Å². The molecule has 2 aromatic heterocycles. The minimum Gasteiger partial charge on any atom is -0.490 e. The largest absolute Gasteiger partial charge is 0.490 e. The van der Waals surface area contributed by atoms with Crippen LogP contribution in [-0.2, 0) is 6.42 Å². The van der Waals surface area contributed by atoms with Crippen molar-refractivity contribution in [1.29, 1.82) is 0 Å². The summed E-state index contributed by atoms with van der Waals surface area (Å²) in [4.78, 5) is 17.4. The van der Waals surface area contributed by atoms with Crippen LogP contribution in [0.1, 0.15) is 35.6 Å². The number of rotatable bonds is 5. The van der Waals surface area contributed by atoms with E-state index in [1.54, 1.807) is 4.40 Å². The van der Waals surface area contributed by atoms with Gasteiger partial charge in [0.1, 0.15) is 5.69 Å². The lowest BCUT2D eigenvalue weighted by Gasteiger charge is -2.08. The average molecular weight is 323 g/mol. The Hall–Kier alpha value is -2.82. The first kappa shape index (κ1) is 16.1. The first-order valence-corrected chi connectivity index (χ1v) is 8.14. The fourth-order valence-electron chi connectivity index (χ4n) is 2.67. The van der Waals surface area contributed by atoms with Crippen LogP contribution in [0, 0.1) is 6.92 Å². The predicted molar refractivity (Wildman–Crippen MR) is 94.9 cm³/mol. The molecule has 1 N–H and O–H groups in total. The molecule has 0 saturated carbocycles. The molecule has 0 spiro atoms.